The molecule has 1 N–H and O–H groups in total. The van der Waals surface area contributed by atoms with Gasteiger partial charge in [-0.1, -0.05) is 54.2 Å². The molecule has 0 aromatic heterocycles. The molecule has 3 aromatic rings. The third-order valence-electron chi connectivity index (χ3n) is 5.50. The average Bonchev–Trinajstić information content (AvgIpc) is 3.23. The lowest BCUT2D eigenvalue weighted by Gasteiger charge is -2.13. The number of aliphatic imine (C=N–C) groups is 1. The molecule has 0 saturated heterocycles. The normalized spacial score (nSPS) is 15.1. The number of aliphatic hydroxyl groups is 1. The van der Waals surface area contributed by atoms with E-state index in [2.05, 4.69) is 4.99 Å². The van der Waals surface area contributed by atoms with E-state index in [9.17, 15) is 19.1 Å². The summed E-state index contributed by atoms with van der Waals surface area (Å²) >= 11 is 0.983. The molecule has 1 aliphatic heterocycles. The van der Waals surface area contributed by atoms with Crippen LogP contribution < -0.4 is 9.47 Å². The van der Waals surface area contributed by atoms with Crippen LogP contribution in [0.2, 0.25) is 0 Å². The Bertz CT molecular complexity index is 1470. The van der Waals surface area contributed by atoms with Gasteiger partial charge in [0.05, 0.1) is 18.1 Å². The second kappa shape index (κ2) is 12.9. The van der Waals surface area contributed by atoms with E-state index in [0.717, 1.165) is 11.8 Å². The van der Waals surface area contributed by atoms with Crippen LogP contribution in [0.5, 0.6) is 11.5 Å². The van der Waals surface area contributed by atoms with Gasteiger partial charge in [0.1, 0.15) is 28.8 Å². The molecule has 4 rings (SSSR count). The predicted molar refractivity (Wildman–Crippen MR) is 148 cm³/mol. The number of esters is 1. The van der Waals surface area contributed by atoms with Crippen LogP contribution in [-0.4, -0.2) is 35.2 Å². The molecule has 0 atom stereocenters. The van der Waals surface area contributed by atoms with Gasteiger partial charge in [0.2, 0.25) is 0 Å². The fourth-order valence-corrected chi connectivity index (χ4v) is 4.67. The lowest BCUT2D eigenvalue weighted by molar-refractivity contribution is -0.138. The molecule has 0 aliphatic carbocycles. The maximum absolute atomic E-state index is 14.0. The second-order valence-electron chi connectivity index (χ2n) is 8.16. The SMILES string of the molecule is CCOC(=O)C1=C(O)/C(=C/c2ccc(OCc3ccccc3F)c(OCC)c2)SC1=NC(=O)c1ccccc1. The van der Waals surface area contributed by atoms with Crippen LogP contribution in [0, 0.1) is 5.82 Å². The Morgan fingerprint density at radius 2 is 1.69 bits per heavy atom. The number of nitrogens with zero attached hydrogens (tertiary/aromatic N) is 1. The van der Waals surface area contributed by atoms with Crippen molar-refractivity contribution < 1.29 is 33.3 Å². The van der Waals surface area contributed by atoms with Gasteiger partial charge in [0.15, 0.2) is 11.5 Å². The molecule has 0 spiro atoms. The van der Waals surface area contributed by atoms with Crippen molar-refractivity contribution in [2.45, 2.75) is 20.5 Å². The van der Waals surface area contributed by atoms with Crippen molar-refractivity contribution in [2.24, 2.45) is 4.99 Å². The lowest BCUT2D eigenvalue weighted by atomic mass is 10.1. The minimum atomic E-state index is -0.780. The maximum atomic E-state index is 14.0. The summed E-state index contributed by atoms with van der Waals surface area (Å²) in [6.07, 6.45) is 1.64. The fourth-order valence-electron chi connectivity index (χ4n) is 3.65. The van der Waals surface area contributed by atoms with Gasteiger partial charge in [0, 0.05) is 11.1 Å². The van der Waals surface area contributed by atoms with E-state index in [0.29, 0.717) is 39.7 Å². The molecule has 39 heavy (non-hydrogen) atoms. The number of amides is 1. The van der Waals surface area contributed by atoms with Gasteiger partial charge in [-0.15, -0.1) is 0 Å². The highest BCUT2D eigenvalue weighted by molar-refractivity contribution is 8.18. The van der Waals surface area contributed by atoms with Crippen molar-refractivity contribution in [1.29, 1.82) is 0 Å². The third kappa shape index (κ3) is 6.74. The number of hydrogen-bond acceptors (Lipinski definition) is 7. The summed E-state index contributed by atoms with van der Waals surface area (Å²) in [6.45, 7) is 3.94. The molecule has 0 unspecified atom stereocenters. The smallest absolute Gasteiger partial charge is 0.344 e. The molecule has 7 nitrogen and oxygen atoms in total. The van der Waals surface area contributed by atoms with Gasteiger partial charge in [-0.2, -0.15) is 0 Å². The summed E-state index contributed by atoms with van der Waals surface area (Å²) in [6, 6.07) is 19.9. The van der Waals surface area contributed by atoms with Gasteiger partial charge < -0.3 is 19.3 Å². The van der Waals surface area contributed by atoms with Gasteiger partial charge in [-0.3, -0.25) is 4.79 Å². The maximum Gasteiger partial charge on any atom is 0.344 e. The van der Waals surface area contributed by atoms with Crippen molar-refractivity contribution >= 4 is 34.8 Å². The molecule has 0 saturated carbocycles. The van der Waals surface area contributed by atoms with E-state index in [4.69, 9.17) is 14.2 Å². The molecule has 0 fully saturated rings. The van der Waals surface area contributed by atoms with Crippen LogP contribution in [0.4, 0.5) is 4.39 Å². The Morgan fingerprint density at radius 3 is 2.41 bits per heavy atom. The number of carbonyl (C=O) groups excluding carboxylic acids is 2. The zero-order chi connectivity index (χ0) is 27.8. The first-order valence-electron chi connectivity index (χ1n) is 12.2. The molecule has 3 aromatic carbocycles. The summed E-state index contributed by atoms with van der Waals surface area (Å²) < 4.78 is 30.6. The Hall–Kier alpha value is -4.37. The lowest BCUT2D eigenvalue weighted by Crippen LogP contribution is -2.14. The zero-order valence-corrected chi connectivity index (χ0v) is 22.2. The number of halogens is 1. The minimum absolute atomic E-state index is 0.0186. The Labute approximate surface area is 229 Å². The van der Waals surface area contributed by atoms with Crippen molar-refractivity contribution in [3.8, 4) is 11.5 Å². The van der Waals surface area contributed by atoms with Crippen molar-refractivity contribution in [3.63, 3.8) is 0 Å². The largest absolute Gasteiger partial charge is 0.506 e. The minimum Gasteiger partial charge on any atom is -0.506 e. The first kappa shape index (κ1) is 27.7. The van der Waals surface area contributed by atoms with Gasteiger partial charge in [0.25, 0.3) is 5.91 Å². The molecule has 1 heterocycles. The standard InChI is InChI=1S/C30H26FNO6S/c1-3-36-24-16-19(14-15-23(24)38-18-21-12-8-9-13-22(21)31)17-25-27(33)26(30(35)37-4-2)29(39-25)32-28(34)20-10-6-5-7-11-20/h5-17,33H,3-4,18H2,1-2H3/b25-17-,32-29?. The second-order valence-corrected chi connectivity index (χ2v) is 9.19. The monoisotopic (exact) mass is 547 g/mol. The van der Waals surface area contributed by atoms with Gasteiger partial charge >= 0.3 is 5.97 Å². The Morgan fingerprint density at radius 1 is 0.949 bits per heavy atom. The summed E-state index contributed by atoms with van der Waals surface area (Å²) in [5, 5.41) is 11.0. The van der Waals surface area contributed by atoms with E-state index in [1.54, 1.807) is 79.7 Å². The zero-order valence-electron chi connectivity index (χ0n) is 21.3. The topological polar surface area (TPSA) is 94.4 Å². The molecule has 9 heteroatoms. The van der Waals surface area contributed by atoms with Crippen LogP contribution in [0.1, 0.15) is 35.3 Å². The summed E-state index contributed by atoms with van der Waals surface area (Å²) in [7, 11) is 0. The number of rotatable bonds is 9. The average molecular weight is 548 g/mol. The van der Waals surface area contributed by atoms with Crippen molar-refractivity contribution in [3.05, 3.63) is 112 Å². The van der Waals surface area contributed by atoms with Gasteiger partial charge in [-0.25, -0.2) is 14.2 Å². The highest BCUT2D eigenvalue weighted by Gasteiger charge is 2.34. The van der Waals surface area contributed by atoms with Crippen LogP contribution >= 0.6 is 11.8 Å². The number of aliphatic hydroxyl groups excluding tert-OH is 1. The van der Waals surface area contributed by atoms with Crippen molar-refractivity contribution in [2.75, 3.05) is 13.2 Å². The van der Waals surface area contributed by atoms with E-state index in [-0.39, 0.29) is 35.4 Å². The number of carbonyl (C=O) groups is 2. The van der Waals surface area contributed by atoms with Crippen LogP contribution in [0.15, 0.2) is 94.0 Å². The summed E-state index contributed by atoms with van der Waals surface area (Å²) in [5.74, 6) is -1.19. The van der Waals surface area contributed by atoms with Crippen LogP contribution in [0.25, 0.3) is 6.08 Å². The molecule has 0 radical (unpaired) electrons. The van der Waals surface area contributed by atoms with E-state index >= 15 is 0 Å². The third-order valence-corrected chi connectivity index (χ3v) is 6.52. The van der Waals surface area contributed by atoms with E-state index in [1.165, 1.54) is 6.07 Å². The van der Waals surface area contributed by atoms with Crippen LogP contribution in [-0.2, 0) is 16.1 Å². The quantitative estimate of drug-likeness (QED) is 0.305. The van der Waals surface area contributed by atoms with Crippen LogP contribution in [0.3, 0.4) is 0 Å². The molecule has 1 amide bonds. The highest BCUT2D eigenvalue weighted by atomic mass is 32.2. The fraction of sp³-hybridized carbons (Fsp3) is 0.167. The highest BCUT2D eigenvalue weighted by Crippen LogP contribution is 2.40. The molecule has 200 valence electrons. The molecular formula is C30H26FNO6S. The van der Waals surface area contributed by atoms with Crippen molar-refractivity contribution in [1.82, 2.24) is 0 Å². The first-order chi connectivity index (χ1) is 18.9. The number of benzene rings is 3. The number of thioether (sulfide) groups is 1. The number of hydrogen-bond donors (Lipinski definition) is 1. The first-order valence-corrected chi connectivity index (χ1v) is 13.0. The summed E-state index contributed by atoms with van der Waals surface area (Å²) in [5.41, 5.74) is 1.21. The summed E-state index contributed by atoms with van der Waals surface area (Å²) in [4.78, 5) is 29.8. The molecular weight excluding hydrogens is 521 g/mol. The van der Waals surface area contributed by atoms with E-state index < -0.39 is 11.9 Å². The predicted octanol–water partition coefficient (Wildman–Crippen LogP) is 6.51. The Kier molecular flexibility index (Phi) is 9.17. The molecule has 1 aliphatic rings. The van der Waals surface area contributed by atoms with Gasteiger partial charge in [-0.05, 0) is 55.8 Å². The number of ether oxygens (including phenoxy) is 3. The van der Waals surface area contributed by atoms with E-state index in [1.807, 2.05) is 6.92 Å². The molecule has 0 bridgehead atoms. The Balaban J connectivity index is 1.64.